The molecular weight excluding hydrogens is 208 g/mol. The Balaban J connectivity index is 2.28. The zero-order chi connectivity index (χ0) is 11.6. The standard InChI is InChI=1S/C12H16O4/c1-15-11(14)9-8-10(13)16-12(9)6-4-2-3-5-7-12/h8H,2-7H2,1H3. The van der Waals surface area contributed by atoms with Crippen molar-refractivity contribution in [2.75, 3.05) is 7.11 Å². The van der Waals surface area contributed by atoms with E-state index in [0.29, 0.717) is 5.57 Å². The van der Waals surface area contributed by atoms with E-state index in [2.05, 4.69) is 0 Å². The molecule has 0 aromatic rings. The van der Waals surface area contributed by atoms with Crippen LogP contribution in [-0.2, 0) is 19.1 Å². The third-order valence-corrected chi connectivity index (χ3v) is 3.37. The van der Waals surface area contributed by atoms with Gasteiger partial charge in [0.1, 0.15) is 5.60 Å². The van der Waals surface area contributed by atoms with Crippen molar-refractivity contribution in [3.05, 3.63) is 11.6 Å². The van der Waals surface area contributed by atoms with Crippen LogP contribution < -0.4 is 0 Å². The number of ether oxygens (including phenoxy) is 2. The molecule has 0 bridgehead atoms. The first-order chi connectivity index (χ1) is 7.68. The number of hydrogen-bond donors (Lipinski definition) is 0. The van der Waals surface area contributed by atoms with E-state index in [1.54, 1.807) is 0 Å². The predicted octanol–water partition coefficient (Wildman–Crippen LogP) is 1.74. The molecule has 0 unspecified atom stereocenters. The Hall–Kier alpha value is -1.32. The SMILES string of the molecule is COC(=O)C1=CC(=O)OC12CCCCCC2. The number of carbonyl (C=O) groups excluding carboxylic acids is 2. The summed E-state index contributed by atoms with van der Waals surface area (Å²) in [6, 6.07) is 0. The minimum atomic E-state index is -0.694. The van der Waals surface area contributed by atoms with Gasteiger partial charge in [0.15, 0.2) is 0 Å². The lowest BCUT2D eigenvalue weighted by Gasteiger charge is -2.28. The maximum Gasteiger partial charge on any atom is 0.338 e. The zero-order valence-electron chi connectivity index (χ0n) is 9.45. The largest absolute Gasteiger partial charge is 0.466 e. The number of esters is 2. The number of carbonyl (C=O) groups is 2. The summed E-state index contributed by atoms with van der Waals surface area (Å²) in [5.41, 5.74) is -0.289. The fraction of sp³-hybridized carbons (Fsp3) is 0.667. The summed E-state index contributed by atoms with van der Waals surface area (Å²) >= 11 is 0. The molecule has 4 heteroatoms. The third-order valence-electron chi connectivity index (χ3n) is 3.37. The van der Waals surface area contributed by atoms with Crippen molar-refractivity contribution in [3.8, 4) is 0 Å². The molecule has 0 saturated heterocycles. The highest BCUT2D eigenvalue weighted by molar-refractivity contribution is 6.01. The minimum absolute atomic E-state index is 0.405. The number of methoxy groups -OCH3 is 1. The van der Waals surface area contributed by atoms with Crippen LogP contribution in [0.5, 0.6) is 0 Å². The summed E-state index contributed by atoms with van der Waals surface area (Å²) in [6.07, 6.45) is 7.00. The average molecular weight is 224 g/mol. The Kier molecular flexibility index (Phi) is 2.99. The maximum atomic E-state index is 11.6. The van der Waals surface area contributed by atoms with Crippen molar-refractivity contribution in [3.63, 3.8) is 0 Å². The second-order valence-electron chi connectivity index (χ2n) is 4.38. The van der Waals surface area contributed by atoms with Gasteiger partial charge in [0.25, 0.3) is 0 Å². The first-order valence-corrected chi connectivity index (χ1v) is 5.71. The summed E-state index contributed by atoms with van der Waals surface area (Å²) in [6.45, 7) is 0. The van der Waals surface area contributed by atoms with Gasteiger partial charge < -0.3 is 9.47 Å². The van der Waals surface area contributed by atoms with E-state index in [1.807, 2.05) is 0 Å². The lowest BCUT2D eigenvalue weighted by atomic mass is 9.87. The molecule has 2 aliphatic rings. The highest BCUT2D eigenvalue weighted by Crippen LogP contribution is 2.40. The summed E-state index contributed by atoms with van der Waals surface area (Å²) in [7, 11) is 1.33. The van der Waals surface area contributed by atoms with Gasteiger partial charge in [-0.1, -0.05) is 12.8 Å². The van der Waals surface area contributed by atoms with Gasteiger partial charge in [-0.05, 0) is 25.7 Å². The number of rotatable bonds is 1. The van der Waals surface area contributed by atoms with E-state index in [9.17, 15) is 9.59 Å². The summed E-state index contributed by atoms with van der Waals surface area (Å²) in [4.78, 5) is 23.0. The molecule has 1 fully saturated rings. The summed E-state index contributed by atoms with van der Waals surface area (Å²) in [5, 5.41) is 0. The molecule has 0 radical (unpaired) electrons. The molecule has 0 atom stereocenters. The fourth-order valence-electron chi connectivity index (χ4n) is 2.55. The Morgan fingerprint density at radius 3 is 2.50 bits per heavy atom. The molecule has 4 nitrogen and oxygen atoms in total. The summed E-state index contributed by atoms with van der Waals surface area (Å²) in [5.74, 6) is -0.852. The van der Waals surface area contributed by atoms with Crippen LogP contribution in [0.4, 0.5) is 0 Å². The first-order valence-electron chi connectivity index (χ1n) is 5.71. The van der Waals surface area contributed by atoms with Crippen LogP contribution in [0.1, 0.15) is 38.5 Å². The van der Waals surface area contributed by atoms with E-state index < -0.39 is 17.5 Å². The highest BCUT2D eigenvalue weighted by Gasteiger charge is 2.46. The van der Waals surface area contributed by atoms with Gasteiger partial charge in [0.05, 0.1) is 12.7 Å². The van der Waals surface area contributed by atoms with Crippen molar-refractivity contribution in [2.24, 2.45) is 0 Å². The normalized spacial score (nSPS) is 23.6. The molecular formula is C12H16O4. The first kappa shape index (κ1) is 11.2. The molecule has 0 aromatic heterocycles. The molecule has 1 spiro atoms. The fourth-order valence-corrected chi connectivity index (χ4v) is 2.55. The van der Waals surface area contributed by atoms with Gasteiger partial charge in [-0.3, -0.25) is 0 Å². The molecule has 0 aromatic carbocycles. The minimum Gasteiger partial charge on any atom is -0.466 e. The predicted molar refractivity (Wildman–Crippen MR) is 56.6 cm³/mol. The second kappa shape index (κ2) is 4.28. The summed E-state index contributed by atoms with van der Waals surface area (Å²) < 4.78 is 10.1. The third kappa shape index (κ3) is 1.84. The molecule has 1 heterocycles. The highest BCUT2D eigenvalue weighted by atomic mass is 16.6. The molecule has 1 saturated carbocycles. The van der Waals surface area contributed by atoms with Crippen LogP contribution in [0.2, 0.25) is 0 Å². The maximum absolute atomic E-state index is 11.6. The van der Waals surface area contributed by atoms with E-state index in [0.717, 1.165) is 38.5 Å². The number of hydrogen-bond acceptors (Lipinski definition) is 4. The van der Waals surface area contributed by atoms with Crippen LogP contribution in [0, 0.1) is 0 Å². The van der Waals surface area contributed by atoms with Gasteiger partial charge in [-0.2, -0.15) is 0 Å². The van der Waals surface area contributed by atoms with Gasteiger partial charge in [-0.15, -0.1) is 0 Å². The van der Waals surface area contributed by atoms with Crippen LogP contribution in [0.15, 0.2) is 11.6 Å². The van der Waals surface area contributed by atoms with Crippen molar-refractivity contribution < 1.29 is 19.1 Å². The molecule has 88 valence electrons. The lowest BCUT2D eigenvalue weighted by Crippen LogP contribution is -2.35. The Morgan fingerprint density at radius 2 is 1.94 bits per heavy atom. The van der Waals surface area contributed by atoms with Gasteiger partial charge in [0.2, 0.25) is 0 Å². The van der Waals surface area contributed by atoms with Crippen LogP contribution in [0.25, 0.3) is 0 Å². The van der Waals surface area contributed by atoms with Crippen molar-refractivity contribution >= 4 is 11.9 Å². The van der Waals surface area contributed by atoms with Crippen LogP contribution >= 0.6 is 0 Å². The van der Waals surface area contributed by atoms with E-state index in [1.165, 1.54) is 13.2 Å². The molecule has 1 aliphatic carbocycles. The topological polar surface area (TPSA) is 52.6 Å². The van der Waals surface area contributed by atoms with Crippen molar-refractivity contribution in [1.29, 1.82) is 0 Å². The molecule has 16 heavy (non-hydrogen) atoms. The van der Waals surface area contributed by atoms with Gasteiger partial charge in [0, 0.05) is 6.08 Å². The molecule has 2 rings (SSSR count). The van der Waals surface area contributed by atoms with E-state index in [-0.39, 0.29) is 0 Å². The van der Waals surface area contributed by atoms with E-state index in [4.69, 9.17) is 9.47 Å². The average Bonchev–Trinajstić information content (AvgIpc) is 2.46. The molecule has 0 amide bonds. The van der Waals surface area contributed by atoms with Crippen LogP contribution in [0.3, 0.4) is 0 Å². The van der Waals surface area contributed by atoms with Crippen molar-refractivity contribution in [1.82, 2.24) is 0 Å². The Bertz CT molecular complexity index is 335. The van der Waals surface area contributed by atoms with Crippen LogP contribution in [-0.4, -0.2) is 24.6 Å². The Labute approximate surface area is 94.6 Å². The van der Waals surface area contributed by atoms with Gasteiger partial charge in [-0.25, -0.2) is 9.59 Å². The van der Waals surface area contributed by atoms with Gasteiger partial charge >= 0.3 is 11.9 Å². The smallest absolute Gasteiger partial charge is 0.338 e. The second-order valence-corrected chi connectivity index (χ2v) is 4.38. The van der Waals surface area contributed by atoms with E-state index >= 15 is 0 Å². The monoisotopic (exact) mass is 224 g/mol. The molecule has 0 N–H and O–H groups in total. The molecule has 1 aliphatic heterocycles. The lowest BCUT2D eigenvalue weighted by molar-refractivity contribution is -0.149. The zero-order valence-corrected chi connectivity index (χ0v) is 9.45. The Morgan fingerprint density at radius 1 is 1.31 bits per heavy atom. The van der Waals surface area contributed by atoms with Crippen molar-refractivity contribution in [2.45, 2.75) is 44.1 Å². The quantitative estimate of drug-likeness (QED) is 0.636.